The van der Waals surface area contributed by atoms with Gasteiger partial charge in [0.25, 0.3) is 0 Å². The topological polar surface area (TPSA) is 81.5 Å². The van der Waals surface area contributed by atoms with Gasteiger partial charge in [0.1, 0.15) is 6.61 Å². The molecule has 8 heteroatoms. The van der Waals surface area contributed by atoms with E-state index in [-0.39, 0.29) is 24.9 Å². The van der Waals surface area contributed by atoms with E-state index in [2.05, 4.69) is 53.8 Å². The quantitative estimate of drug-likeness (QED) is 0.355. The fourth-order valence-corrected chi connectivity index (χ4v) is 5.07. The number of aromatic nitrogens is 3. The van der Waals surface area contributed by atoms with Crippen LogP contribution < -0.4 is 5.69 Å². The van der Waals surface area contributed by atoms with E-state index >= 15 is 0 Å². The minimum atomic E-state index is -1.02. The van der Waals surface area contributed by atoms with Crippen LogP contribution >= 0.6 is 0 Å². The number of rotatable bonds is 9. The van der Waals surface area contributed by atoms with Gasteiger partial charge >= 0.3 is 11.7 Å². The number of carbonyl (C=O) groups is 1. The lowest BCUT2D eigenvalue weighted by molar-refractivity contribution is -0.159. The molecule has 0 aliphatic heterocycles. The van der Waals surface area contributed by atoms with Crippen molar-refractivity contribution in [3.63, 3.8) is 0 Å². The van der Waals surface area contributed by atoms with Crippen LogP contribution in [0.4, 0.5) is 0 Å². The largest absolute Gasteiger partial charge is 0.460 e. The van der Waals surface area contributed by atoms with Crippen molar-refractivity contribution in [1.29, 1.82) is 0 Å². The van der Waals surface area contributed by atoms with E-state index in [1.54, 1.807) is 25.5 Å². The monoisotopic (exact) mass is 492 g/mol. The van der Waals surface area contributed by atoms with E-state index in [4.69, 9.17) is 9.47 Å². The summed E-state index contributed by atoms with van der Waals surface area (Å²) in [5.74, 6) is -0.389. The highest BCUT2D eigenvalue weighted by atomic mass is 16.5. The van der Waals surface area contributed by atoms with Crippen LogP contribution in [0.3, 0.4) is 0 Å². The van der Waals surface area contributed by atoms with Crippen LogP contribution in [0.1, 0.15) is 36.6 Å². The Balaban J connectivity index is 1.60. The van der Waals surface area contributed by atoms with Crippen LogP contribution in [-0.4, -0.2) is 52.8 Å². The first-order chi connectivity index (χ1) is 17.0. The lowest BCUT2D eigenvalue weighted by Gasteiger charge is -2.32. The second-order valence-electron chi connectivity index (χ2n) is 10.4. The number of para-hydroxylation sites is 2. The summed E-state index contributed by atoms with van der Waals surface area (Å²) in [4.78, 5) is 31.3. The molecule has 2 heterocycles. The molecule has 4 rings (SSSR count). The number of fused-ring (bicyclic) bond motifs is 2. The van der Waals surface area contributed by atoms with E-state index in [9.17, 15) is 9.59 Å². The number of hydrogen-bond donors (Lipinski definition) is 1. The zero-order valence-electron chi connectivity index (χ0n) is 22.2. The lowest BCUT2D eigenvalue weighted by atomic mass is 9.84. The first-order valence-electron chi connectivity index (χ1n) is 12.1. The SMILES string of the molecule is COCC(n1c(=O)[nH]c2ccccc21)C(C)(C)C(=O)OCc1cc(C)c2c(CN(C)C)cn(C)c2c1. The molecule has 0 aliphatic carbocycles. The molecule has 192 valence electrons. The van der Waals surface area contributed by atoms with E-state index < -0.39 is 11.5 Å². The van der Waals surface area contributed by atoms with Gasteiger partial charge in [0.05, 0.1) is 29.1 Å². The molecule has 0 bridgehead atoms. The van der Waals surface area contributed by atoms with Gasteiger partial charge < -0.3 is 23.9 Å². The summed E-state index contributed by atoms with van der Waals surface area (Å²) in [5.41, 5.74) is 4.60. The number of nitrogens with zero attached hydrogens (tertiary/aromatic N) is 3. The molecule has 1 unspecified atom stereocenters. The summed E-state index contributed by atoms with van der Waals surface area (Å²) in [6, 6.07) is 11.0. The van der Waals surface area contributed by atoms with Crippen LogP contribution in [0.25, 0.3) is 21.9 Å². The summed E-state index contributed by atoms with van der Waals surface area (Å²) in [6.45, 7) is 6.88. The summed E-state index contributed by atoms with van der Waals surface area (Å²) < 4.78 is 15.0. The molecular formula is C28H36N4O4. The van der Waals surface area contributed by atoms with Crippen molar-refractivity contribution >= 4 is 27.9 Å². The number of aryl methyl sites for hydroxylation is 2. The van der Waals surface area contributed by atoms with Gasteiger partial charge in [-0.15, -0.1) is 0 Å². The van der Waals surface area contributed by atoms with E-state index in [1.165, 1.54) is 10.9 Å². The first kappa shape index (κ1) is 25.7. The summed E-state index contributed by atoms with van der Waals surface area (Å²) in [5, 5.41) is 1.24. The average molecular weight is 493 g/mol. The summed E-state index contributed by atoms with van der Waals surface area (Å²) >= 11 is 0. The van der Waals surface area contributed by atoms with Crippen LogP contribution in [0.5, 0.6) is 0 Å². The number of ether oxygens (including phenoxy) is 2. The molecule has 0 amide bonds. The Bertz CT molecular complexity index is 1460. The molecule has 36 heavy (non-hydrogen) atoms. The smallest absolute Gasteiger partial charge is 0.326 e. The van der Waals surface area contributed by atoms with Crippen molar-refractivity contribution in [2.75, 3.05) is 27.8 Å². The molecule has 8 nitrogen and oxygen atoms in total. The Hall–Kier alpha value is -3.36. The number of esters is 1. The van der Waals surface area contributed by atoms with Gasteiger partial charge in [-0.2, -0.15) is 0 Å². The van der Waals surface area contributed by atoms with E-state index in [1.807, 2.05) is 31.3 Å². The van der Waals surface area contributed by atoms with Crippen molar-refractivity contribution in [2.45, 2.75) is 40.0 Å². The first-order valence-corrected chi connectivity index (χ1v) is 12.1. The predicted octanol–water partition coefficient (Wildman–Crippen LogP) is 4.15. The van der Waals surface area contributed by atoms with Gasteiger partial charge in [-0.3, -0.25) is 9.36 Å². The molecule has 0 spiro atoms. The molecule has 0 aliphatic rings. The number of nitrogens with one attached hydrogen (secondary N) is 1. The molecule has 0 saturated carbocycles. The minimum absolute atomic E-state index is 0.149. The molecule has 0 saturated heterocycles. The molecule has 1 atom stereocenters. The molecule has 0 fully saturated rings. The fourth-order valence-electron chi connectivity index (χ4n) is 5.07. The van der Waals surface area contributed by atoms with Crippen LogP contribution in [0, 0.1) is 12.3 Å². The normalized spacial score (nSPS) is 13.1. The third kappa shape index (κ3) is 4.70. The van der Waals surface area contributed by atoms with Crippen molar-refractivity contribution in [3.05, 3.63) is 69.8 Å². The van der Waals surface area contributed by atoms with Crippen molar-refractivity contribution in [2.24, 2.45) is 12.5 Å². The third-order valence-corrected chi connectivity index (χ3v) is 6.90. The summed E-state index contributed by atoms with van der Waals surface area (Å²) in [6.07, 6.45) is 2.16. The number of aromatic amines is 1. The molecule has 2 aromatic carbocycles. The Morgan fingerprint density at radius 2 is 1.89 bits per heavy atom. The zero-order chi connectivity index (χ0) is 26.2. The Labute approximate surface area is 211 Å². The number of methoxy groups -OCH3 is 1. The maximum Gasteiger partial charge on any atom is 0.326 e. The molecule has 4 aromatic rings. The van der Waals surface area contributed by atoms with Crippen molar-refractivity contribution < 1.29 is 14.3 Å². The Kier molecular flexibility index (Phi) is 7.11. The average Bonchev–Trinajstić information content (AvgIpc) is 3.31. The Morgan fingerprint density at radius 3 is 2.58 bits per heavy atom. The van der Waals surface area contributed by atoms with Crippen molar-refractivity contribution in [1.82, 2.24) is 19.0 Å². The van der Waals surface area contributed by atoms with Crippen molar-refractivity contribution in [3.8, 4) is 0 Å². The minimum Gasteiger partial charge on any atom is -0.460 e. The van der Waals surface area contributed by atoms with E-state index in [0.29, 0.717) is 5.52 Å². The van der Waals surface area contributed by atoms with Gasteiger partial charge in [-0.05, 0) is 69.8 Å². The van der Waals surface area contributed by atoms with Crippen LogP contribution in [-0.2, 0) is 34.5 Å². The lowest BCUT2D eigenvalue weighted by Crippen LogP contribution is -2.41. The summed E-state index contributed by atoms with van der Waals surface area (Å²) in [7, 11) is 7.72. The highest BCUT2D eigenvalue weighted by molar-refractivity contribution is 5.88. The van der Waals surface area contributed by atoms with Gasteiger partial charge in [0, 0.05) is 37.8 Å². The zero-order valence-corrected chi connectivity index (χ0v) is 22.2. The maximum absolute atomic E-state index is 13.4. The highest BCUT2D eigenvalue weighted by Gasteiger charge is 2.41. The fraction of sp³-hybridized carbons (Fsp3) is 0.429. The molecule has 2 aromatic heterocycles. The standard InChI is InChI=1S/C28H36N4O4/c1-18-12-19(13-23-25(18)20(14-30(4)5)15-31(23)6)16-36-26(33)28(2,3)24(17-35-7)32-22-11-9-8-10-21(22)29-27(32)34/h8-13,15,24H,14,16-17H2,1-7H3,(H,29,34). The van der Waals surface area contributed by atoms with Gasteiger partial charge in [-0.25, -0.2) is 4.79 Å². The second-order valence-corrected chi connectivity index (χ2v) is 10.4. The number of benzene rings is 2. The number of imidazole rings is 1. The maximum atomic E-state index is 13.4. The molecule has 0 radical (unpaired) electrons. The van der Waals surface area contributed by atoms with E-state index in [0.717, 1.165) is 28.7 Å². The Morgan fingerprint density at radius 1 is 1.17 bits per heavy atom. The molecular weight excluding hydrogens is 456 g/mol. The number of carbonyl (C=O) groups excluding carboxylic acids is 1. The second kappa shape index (κ2) is 9.95. The third-order valence-electron chi connectivity index (χ3n) is 6.90. The van der Waals surface area contributed by atoms with Crippen LogP contribution in [0.15, 0.2) is 47.4 Å². The van der Waals surface area contributed by atoms with Crippen LogP contribution in [0.2, 0.25) is 0 Å². The molecule has 1 N–H and O–H groups in total. The van der Waals surface area contributed by atoms with Gasteiger partial charge in [-0.1, -0.05) is 18.2 Å². The predicted molar refractivity (Wildman–Crippen MR) is 142 cm³/mol. The number of hydrogen-bond acceptors (Lipinski definition) is 5. The van der Waals surface area contributed by atoms with Gasteiger partial charge in [0.2, 0.25) is 0 Å². The highest BCUT2D eigenvalue weighted by Crippen LogP contribution is 2.35. The van der Waals surface area contributed by atoms with Gasteiger partial charge in [0.15, 0.2) is 0 Å². The number of H-pyrrole nitrogens is 1.